The molecule has 0 bridgehead atoms. The Balaban J connectivity index is 1.93. The normalized spacial score (nSPS) is 11.6. The summed E-state index contributed by atoms with van der Waals surface area (Å²) >= 11 is 0. The van der Waals surface area contributed by atoms with Crippen LogP contribution in [0, 0.1) is 0 Å². The number of nitrogens with one attached hydrogen (secondary N) is 1. The van der Waals surface area contributed by atoms with E-state index in [0.29, 0.717) is 28.4 Å². The van der Waals surface area contributed by atoms with E-state index in [-0.39, 0.29) is 17.4 Å². The van der Waals surface area contributed by atoms with E-state index in [9.17, 15) is 8.42 Å². The fourth-order valence-electron chi connectivity index (χ4n) is 2.95. The number of methoxy groups -OCH3 is 2. The maximum Gasteiger partial charge on any atom is 0.243 e. The first-order valence-corrected chi connectivity index (χ1v) is 10.9. The highest BCUT2D eigenvalue weighted by atomic mass is 32.2. The molecule has 0 amide bonds. The van der Waals surface area contributed by atoms with Crippen LogP contribution in [0.3, 0.4) is 0 Å². The van der Waals surface area contributed by atoms with Crippen molar-refractivity contribution in [2.75, 3.05) is 20.0 Å². The highest BCUT2D eigenvalue weighted by molar-refractivity contribution is 7.89. The van der Waals surface area contributed by atoms with Gasteiger partial charge >= 0.3 is 0 Å². The van der Waals surface area contributed by atoms with Gasteiger partial charge in [0.2, 0.25) is 10.0 Å². The Bertz CT molecular complexity index is 1140. The maximum absolute atomic E-state index is 13.1. The number of nitrogen functional groups attached to an aromatic ring is 1. The molecular formula is C21H26N4O4S. The Kier molecular flexibility index (Phi) is 6.33. The van der Waals surface area contributed by atoms with Crippen molar-refractivity contribution in [3.63, 3.8) is 0 Å². The van der Waals surface area contributed by atoms with Crippen LogP contribution in [0.25, 0.3) is 5.69 Å². The lowest BCUT2D eigenvalue weighted by Crippen LogP contribution is -2.25. The van der Waals surface area contributed by atoms with Gasteiger partial charge in [-0.1, -0.05) is 19.9 Å². The molecule has 0 aliphatic carbocycles. The summed E-state index contributed by atoms with van der Waals surface area (Å²) in [6.45, 7) is 4.14. The number of nitrogens with two attached hydrogens (primary N) is 1. The van der Waals surface area contributed by atoms with Crippen LogP contribution in [0.5, 0.6) is 11.5 Å². The van der Waals surface area contributed by atoms with Gasteiger partial charge in [-0.2, -0.15) is 5.10 Å². The fraction of sp³-hybridized carbons (Fsp3) is 0.286. The Labute approximate surface area is 176 Å². The van der Waals surface area contributed by atoms with Crippen LogP contribution in [0.1, 0.15) is 30.9 Å². The second-order valence-electron chi connectivity index (χ2n) is 7.10. The third kappa shape index (κ3) is 4.58. The number of hydrogen-bond acceptors (Lipinski definition) is 6. The zero-order chi connectivity index (χ0) is 21.9. The molecular weight excluding hydrogens is 404 g/mol. The summed E-state index contributed by atoms with van der Waals surface area (Å²) in [6.07, 6.45) is 3.55. The van der Waals surface area contributed by atoms with Crippen molar-refractivity contribution in [2.24, 2.45) is 0 Å². The van der Waals surface area contributed by atoms with Crippen molar-refractivity contribution in [3.8, 4) is 17.2 Å². The average Bonchev–Trinajstić information content (AvgIpc) is 3.22. The van der Waals surface area contributed by atoms with E-state index in [0.717, 1.165) is 5.56 Å². The van der Waals surface area contributed by atoms with Gasteiger partial charge in [-0.25, -0.2) is 17.8 Å². The van der Waals surface area contributed by atoms with E-state index in [1.165, 1.54) is 13.2 Å². The number of hydrogen-bond donors (Lipinski definition) is 2. The van der Waals surface area contributed by atoms with Gasteiger partial charge in [0.15, 0.2) is 0 Å². The van der Waals surface area contributed by atoms with Crippen LogP contribution >= 0.6 is 0 Å². The van der Waals surface area contributed by atoms with E-state index in [1.807, 2.05) is 20.0 Å². The molecule has 0 saturated carbocycles. The quantitative estimate of drug-likeness (QED) is 0.532. The van der Waals surface area contributed by atoms with Crippen LogP contribution in [0.2, 0.25) is 0 Å². The lowest BCUT2D eigenvalue weighted by atomic mass is 10.1. The van der Waals surface area contributed by atoms with E-state index >= 15 is 0 Å². The monoisotopic (exact) mass is 430 g/mol. The topological polar surface area (TPSA) is 108 Å². The summed E-state index contributed by atoms with van der Waals surface area (Å²) in [6, 6.07) is 9.93. The maximum atomic E-state index is 13.1. The van der Waals surface area contributed by atoms with Crippen molar-refractivity contribution in [1.29, 1.82) is 0 Å². The smallest absolute Gasteiger partial charge is 0.243 e. The number of benzene rings is 2. The van der Waals surface area contributed by atoms with Gasteiger partial charge in [-0.05, 0) is 35.7 Å². The molecule has 3 N–H and O–H groups in total. The van der Waals surface area contributed by atoms with Crippen molar-refractivity contribution >= 4 is 15.7 Å². The molecule has 160 valence electrons. The Morgan fingerprint density at radius 2 is 1.90 bits per heavy atom. The van der Waals surface area contributed by atoms with Gasteiger partial charge in [0.25, 0.3) is 0 Å². The predicted molar refractivity (Wildman–Crippen MR) is 116 cm³/mol. The summed E-state index contributed by atoms with van der Waals surface area (Å²) < 4.78 is 41.0. The Morgan fingerprint density at radius 1 is 1.13 bits per heavy atom. The highest BCUT2D eigenvalue weighted by Crippen LogP contribution is 2.27. The number of aromatic nitrogens is 2. The van der Waals surface area contributed by atoms with Crippen molar-refractivity contribution in [2.45, 2.75) is 31.2 Å². The third-order valence-electron chi connectivity index (χ3n) is 4.74. The van der Waals surface area contributed by atoms with Gasteiger partial charge in [0, 0.05) is 30.1 Å². The largest absolute Gasteiger partial charge is 0.497 e. The van der Waals surface area contributed by atoms with Gasteiger partial charge < -0.3 is 15.2 Å². The van der Waals surface area contributed by atoms with E-state index in [2.05, 4.69) is 9.82 Å². The fourth-order valence-corrected chi connectivity index (χ4v) is 4.18. The molecule has 0 aliphatic rings. The number of rotatable bonds is 8. The van der Waals surface area contributed by atoms with E-state index in [4.69, 9.17) is 15.2 Å². The molecule has 0 spiro atoms. The Hall–Kier alpha value is -3.04. The molecule has 0 aliphatic heterocycles. The second-order valence-corrected chi connectivity index (χ2v) is 8.84. The van der Waals surface area contributed by atoms with Crippen LogP contribution in [-0.2, 0) is 16.6 Å². The lowest BCUT2D eigenvalue weighted by Gasteiger charge is -2.14. The molecule has 2 aromatic carbocycles. The molecule has 0 atom stereocenters. The predicted octanol–water partition coefficient (Wildman–Crippen LogP) is 3.07. The van der Waals surface area contributed by atoms with Gasteiger partial charge in [0.1, 0.15) is 16.4 Å². The van der Waals surface area contributed by atoms with Crippen molar-refractivity contribution in [3.05, 3.63) is 59.9 Å². The van der Waals surface area contributed by atoms with Crippen LogP contribution in [-0.4, -0.2) is 32.4 Å². The SMILES string of the molecule is COc1ccc(CNS(=O)(=O)c2cc(N)ccc2-n2cc(C(C)C)cn2)c(OC)c1. The minimum atomic E-state index is -3.89. The van der Waals surface area contributed by atoms with Crippen LogP contribution in [0.15, 0.2) is 53.7 Å². The minimum Gasteiger partial charge on any atom is -0.497 e. The Morgan fingerprint density at radius 3 is 2.53 bits per heavy atom. The molecule has 30 heavy (non-hydrogen) atoms. The number of nitrogens with zero attached hydrogens (tertiary/aromatic N) is 2. The number of ether oxygens (including phenoxy) is 2. The van der Waals surface area contributed by atoms with Crippen molar-refractivity contribution < 1.29 is 17.9 Å². The summed E-state index contributed by atoms with van der Waals surface area (Å²) in [4.78, 5) is 0.0494. The van der Waals surface area contributed by atoms with E-state index in [1.54, 1.807) is 48.3 Å². The first-order valence-electron chi connectivity index (χ1n) is 9.40. The van der Waals surface area contributed by atoms with Crippen LogP contribution < -0.4 is 19.9 Å². The molecule has 0 saturated heterocycles. The molecule has 0 unspecified atom stereocenters. The summed E-state index contributed by atoms with van der Waals surface area (Å²) in [5.41, 5.74) is 8.33. The molecule has 3 aromatic rings. The molecule has 1 heterocycles. The van der Waals surface area contributed by atoms with Gasteiger partial charge in [-0.3, -0.25) is 0 Å². The molecule has 9 heteroatoms. The summed E-state index contributed by atoms with van der Waals surface area (Å²) in [7, 11) is -0.814. The third-order valence-corrected chi connectivity index (χ3v) is 6.17. The second kappa shape index (κ2) is 8.76. The molecule has 0 fully saturated rings. The molecule has 8 nitrogen and oxygen atoms in total. The van der Waals surface area contributed by atoms with E-state index < -0.39 is 10.0 Å². The summed E-state index contributed by atoms with van der Waals surface area (Å²) in [5.74, 6) is 1.42. The number of sulfonamides is 1. The van der Waals surface area contributed by atoms with Gasteiger partial charge in [-0.15, -0.1) is 0 Å². The molecule has 1 aromatic heterocycles. The zero-order valence-corrected chi connectivity index (χ0v) is 18.2. The first-order chi connectivity index (χ1) is 14.2. The number of anilines is 1. The van der Waals surface area contributed by atoms with Crippen LogP contribution in [0.4, 0.5) is 5.69 Å². The standard InChI is InChI=1S/C21H26N4O4S/c1-14(2)16-11-23-25(13-16)19-8-6-17(22)9-21(19)30(26,27)24-12-15-5-7-18(28-3)10-20(15)29-4/h5-11,13-14,24H,12,22H2,1-4H3. The first kappa shape index (κ1) is 21.7. The molecule has 0 radical (unpaired) electrons. The lowest BCUT2D eigenvalue weighted by molar-refractivity contribution is 0.390. The van der Waals surface area contributed by atoms with Gasteiger partial charge in [0.05, 0.1) is 26.1 Å². The zero-order valence-electron chi connectivity index (χ0n) is 17.4. The van der Waals surface area contributed by atoms with Crippen molar-refractivity contribution in [1.82, 2.24) is 14.5 Å². The highest BCUT2D eigenvalue weighted by Gasteiger charge is 2.21. The average molecular weight is 431 g/mol. The summed E-state index contributed by atoms with van der Waals surface area (Å²) in [5, 5.41) is 4.33. The minimum absolute atomic E-state index is 0.0418. The molecule has 3 rings (SSSR count).